The minimum Gasteiger partial charge on any atom is -0.342 e. The molecule has 3 heterocycles. The molecule has 0 aliphatic carbocycles. The summed E-state index contributed by atoms with van der Waals surface area (Å²) in [6, 6.07) is -0.399. The second-order valence-electron chi connectivity index (χ2n) is 6.39. The third-order valence-electron chi connectivity index (χ3n) is 4.81. The van der Waals surface area contributed by atoms with Crippen LogP contribution in [0.5, 0.6) is 0 Å². The Kier molecular flexibility index (Phi) is 4.08. The average Bonchev–Trinajstić information content (AvgIpc) is 2.97. The number of carbonyl (C=O) groups excluding carboxylic acids is 2. The molecule has 0 aromatic carbocycles. The number of likely N-dealkylation sites (tertiary alicyclic amines) is 2. The molecule has 0 saturated carbocycles. The molecular formula is C15H20F2N4O2. The van der Waals surface area contributed by atoms with Crippen LogP contribution >= 0.6 is 0 Å². The van der Waals surface area contributed by atoms with Crippen molar-refractivity contribution in [3.8, 4) is 0 Å². The fourth-order valence-corrected chi connectivity index (χ4v) is 3.49. The van der Waals surface area contributed by atoms with Crippen LogP contribution in [0.1, 0.15) is 24.7 Å². The van der Waals surface area contributed by atoms with Crippen molar-refractivity contribution < 1.29 is 18.4 Å². The molecule has 23 heavy (non-hydrogen) atoms. The first-order valence-corrected chi connectivity index (χ1v) is 7.68. The van der Waals surface area contributed by atoms with Gasteiger partial charge >= 0.3 is 0 Å². The number of aromatic nitrogens is 2. The van der Waals surface area contributed by atoms with Gasteiger partial charge in [-0.05, 0) is 5.92 Å². The van der Waals surface area contributed by atoms with Crippen molar-refractivity contribution in [1.82, 2.24) is 19.4 Å². The summed E-state index contributed by atoms with van der Waals surface area (Å²) >= 11 is 0. The van der Waals surface area contributed by atoms with Crippen LogP contribution in [0.3, 0.4) is 0 Å². The first-order valence-electron chi connectivity index (χ1n) is 7.68. The maximum atomic E-state index is 12.7. The number of carbonyl (C=O) groups is 2. The smallest absolute Gasteiger partial charge is 0.239 e. The molecule has 0 N–H and O–H groups in total. The highest BCUT2D eigenvalue weighted by molar-refractivity contribution is 5.90. The van der Waals surface area contributed by atoms with Crippen molar-refractivity contribution in [2.45, 2.75) is 25.3 Å². The second-order valence-corrected chi connectivity index (χ2v) is 6.39. The Bertz CT molecular complexity index is 612. The van der Waals surface area contributed by atoms with Crippen LogP contribution in [-0.2, 0) is 16.6 Å². The van der Waals surface area contributed by atoms with E-state index >= 15 is 0 Å². The molecule has 0 unspecified atom stereocenters. The largest absolute Gasteiger partial charge is 0.342 e. The molecule has 126 valence electrons. The van der Waals surface area contributed by atoms with Crippen molar-refractivity contribution in [2.24, 2.45) is 18.9 Å². The zero-order valence-corrected chi connectivity index (χ0v) is 13.2. The third-order valence-corrected chi connectivity index (χ3v) is 4.81. The lowest BCUT2D eigenvalue weighted by Crippen LogP contribution is -2.53. The van der Waals surface area contributed by atoms with Crippen LogP contribution in [0.4, 0.5) is 8.78 Å². The van der Waals surface area contributed by atoms with E-state index in [9.17, 15) is 18.4 Å². The molecule has 0 bridgehead atoms. The first-order chi connectivity index (χ1) is 10.9. The summed E-state index contributed by atoms with van der Waals surface area (Å²) in [7, 11) is 3.49. The van der Waals surface area contributed by atoms with Crippen LogP contribution in [0.2, 0.25) is 0 Å². The molecule has 6 nitrogen and oxygen atoms in total. The van der Waals surface area contributed by atoms with Crippen molar-refractivity contribution in [2.75, 3.05) is 20.1 Å². The lowest BCUT2D eigenvalue weighted by atomic mass is 9.91. The van der Waals surface area contributed by atoms with Gasteiger partial charge in [-0.1, -0.05) is 0 Å². The molecule has 3 rings (SSSR count). The Morgan fingerprint density at radius 2 is 2.09 bits per heavy atom. The number of alkyl halides is 2. The van der Waals surface area contributed by atoms with Crippen molar-refractivity contribution in [3.63, 3.8) is 0 Å². The van der Waals surface area contributed by atoms with E-state index in [0.717, 1.165) is 0 Å². The summed E-state index contributed by atoms with van der Waals surface area (Å²) in [6.07, 6.45) is 1.04. The van der Waals surface area contributed by atoms with E-state index in [-0.39, 0.29) is 30.6 Å². The van der Waals surface area contributed by atoms with E-state index in [2.05, 4.69) is 4.98 Å². The Balaban J connectivity index is 1.72. The summed E-state index contributed by atoms with van der Waals surface area (Å²) in [6.45, 7) is 0.704. The number of hydrogen-bond acceptors (Lipinski definition) is 3. The van der Waals surface area contributed by atoms with E-state index < -0.39 is 18.4 Å². The molecule has 2 atom stereocenters. The highest BCUT2D eigenvalue weighted by Gasteiger charge is 2.47. The van der Waals surface area contributed by atoms with Gasteiger partial charge in [0.1, 0.15) is 11.9 Å². The van der Waals surface area contributed by atoms with Crippen molar-refractivity contribution in [3.05, 3.63) is 18.2 Å². The summed E-state index contributed by atoms with van der Waals surface area (Å²) in [5, 5.41) is 0. The van der Waals surface area contributed by atoms with Crippen LogP contribution < -0.4 is 0 Å². The van der Waals surface area contributed by atoms with Gasteiger partial charge in [-0.25, -0.2) is 13.8 Å². The average molecular weight is 326 g/mol. The number of nitrogens with zero attached hydrogens (tertiary/aromatic N) is 4. The predicted molar refractivity (Wildman–Crippen MR) is 77.5 cm³/mol. The highest BCUT2D eigenvalue weighted by atomic mass is 19.3. The number of amides is 2. The maximum Gasteiger partial charge on any atom is 0.239 e. The molecule has 2 aliphatic rings. The number of imidazole rings is 1. The lowest BCUT2D eigenvalue weighted by Gasteiger charge is -2.41. The van der Waals surface area contributed by atoms with Gasteiger partial charge < -0.3 is 14.4 Å². The third kappa shape index (κ3) is 2.82. The molecule has 0 spiro atoms. The fraction of sp³-hybridized carbons (Fsp3) is 0.667. The molecule has 2 amide bonds. The summed E-state index contributed by atoms with van der Waals surface area (Å²) in [5.41, 5.74) is 0. The molecule has 2 fully saturated rings. The zero-order valence-electron chi connectivity index (χ0n) is 13.2. The van der Waals surface area contributed by atoms with Gasteiger partial charge in [0.2, 0.25) is 18.2 Å². The minimum atomic E-state index is -2.34. The molecule has 2 aliphatic heterocycles. The van der Waals surface area contributed by atoms with Gasteiger partial charge in [-0.15, -0.1) is 0 Å². The summed E-state index contributed by atoms with van der Waals surface area (Å²) < 4.78 is 26.5. The van der Waals surface area contributed by atoms with Gasteiger partial charge in [0.15, 0.2) is 0 Å². The van der Waals surface area contributed by atoms with Gasteiger partial charge in [-0.2, -0.15) is 0 Å². The van der Waals surface area contributed by atoms with E-state index in [1.165, 1.54) is 0 Å². The summed E-state index contributed by atoms with van der Waals surface area (Å²) in [5.74, 6) is -0.204. The fourth-order valence-electron chi connectivity index (χ4n) is 3.49. The number of hydrogen-bond donors (Lipinski definition) is 0. The van der Waals surface area contributed by atoms with Gasteiger partial charge in [-0.3, -0.25) is 9.59 Å². The standard InChI is InChI=1S/C15H20F2N4O2/c1-19-4-3-18-14(19)13-10(6-12(22)20(13)2)15(23)21-7-9(8-21)5-11(16)17/h3-4,9-11,13H,5-8H2,1-2H3/t10-,13-/m0/s1. The number of aryl methyl sites for hydroxylation is 1. The molecule has 0 radical (unpaired) electrons. The predicted octanol–water partition coefficient (Wildman–Crippen LogP) is 1.05. The quantitative estimate of drug-likeness (QED) is 0.831. The number of halogens is 2. The Morgan fingerprint density at radius 1 is 1.39 bits per heavy atom. The van der Waals surface area contributed by atoms with Crippen LogP contribution in [0.25, 0.3) is 0 Å². The van der Waals surface area contributed by atoms with Crippen molar-refractivity contribution in [1.29, 1.82) is 0 Å². The Labute approximate surface area is 133 Å². The van der Waals surface area contributed by atoms with Crippen LogP contribution in [0.15, 0.2) is 12.4 Å². The highest BCUT2D eigenvalue weighted by Crippen LogP contribution is 2.38. The van der Waals surface area contributed by atoms with Crippen molar-refractivity contribution >= 4 is 11.8 Å². The molecule has 1 aromatic heterocycles. The molecule has 1 aromatic rings. The van der Waals surface area contributed by atoms with E-state index in [0.29, 0.717) is 18.9 Å². The molecular weight excluding hydrogens is 306 g/mol. The van der Waals surface area contributed by atoms with Crippen LogP contribution in [0, 0.1) is 11.8 Å². The van der Waals surface area contributed by atoms with E-state index in [1.54, 1.807) is 33.8 Å². The molecule has 8 heteroatoms. The van der Waals surface area contributed by atoms with Gasteiger partial charge in [0, 0.05) is 52.4 Å². The minimum absolute atomic E-state index is 0.0963. The topological polar surface area (TPSA) is 58.4 Å². The summed E-state index contributed by atoms with van der Waals surface area (Å²) in [4.78, 5) is 32.2. The Hall–Kier alpha value is -1.99. The zero-order chi connectivity index (χ0) is 16.7. The normalized spacial score (nSPS) is 25.3. The van der Waals surface area contributed by atoms with Gasteiger partial charge in [0.05, 0.1) is 5.92 Å². The lowest BCUT2D eigenvalue weighted by molar-refractivity contribution is -0.144. The Morgan fingerprint density at radius 3 is 2.65 bits per heavy atom. The second kappa shape index (κ2) is 5.90. The van der Waals surface area contributed by atoms with E-state index in [4.69, 9.17) is 0 Å². The SMILES string of the molecule is CN1C(=O)C[C@H](C(=O)N2CC(CC(F)F)C2)[C@H]1c1nccn1C. The molecule has 2 saturated heterocycles. The number of rotatable bonds is 4. The van der Waals surface area contributed by atoms with E-state index in [1.807, 2.05) is 7.05 Å². The van der Waals surface area contributed by atoms with Crippen LogP contribution in [-0.4, -0.2) is 57.7 Å². The van der Waals surface area contributed by atoms with Gasteiger partial charge in [0.25, 0.3) is 0 Å². The maximum absolute atomic E-state index is 12.7. The first kappa shape index (κ1) is 15.9. The monoisotopic (exact) mass is 326 g/mol.